The molecule has 1 atom stereocenters. The van der Waals surface area contributed by atoms with Crippen molar-refractivity contribution in [2.24, 2.45) is 0 Å². The second kappa shape index (κ2) is 7.90. The highest BCUT2D eigenvalue weighted by molar-refractivity contribution is 5.93. The second-order valence-corrected chi connectivity index (χ2v) is 5.98. The van der Waals surface area contributed by atoms with Crippen LogP contribution in [0.15, 0.2) is 48.5 Å². The standard InChI is InChI=1S/C20H20FN3O3/c1-12(13-4-6-14(21)7-5-13)22-20(25)18-11-17(23-24-18)16-9-8-15(26-2)10-19(16)27-3/h4-12H,1-3H3,(H,22,25)(H,23,24)/t12-/m1/s1. The number of carbonyl (C=O) groups is 1. The van der Waals surface area contributed by atoms with Crippen molar-refractivity contribution in [3.05, 3.63) is 65.6 Å². The minimum absolute atomic E-state index is 0.277. The number of H-pyrrole nitrogens is 1. The topological polar surface area (TPSA) is 76.2 Å². The van der Waals surface area contributed by atoms with Crippen molar-refractivity contribution in [3.8, 4) is 22.8 Å². The van der Waals surface area contributed by atoms with Gasteiger partial charge in [0.15, 0.2) is 0 Å². The summed E-state index contributed by atoms with van der Waals surface area (Å²) in [6.07, 6.45) is 0. The number of nitrogens with zero attached hydrogens (tertiary/aromatic N) is 1. The molecule has 0 bridgehead atoms. The lowest BCUT2D eigenvalue weighted by Crippen LogP contribution is -2.26. The summed E-state index contributed by atoms with van der Waals surface area (Å²) in [6, 6.07) is 12.7. The van der Waals surface area contributed by atoms with Crippen LogP contribution in [0.2, 0.25) is 0 Å². The molecule has 0 aliphatic heterocycles. The Hall–Kier alpha value is -3.35. The molecule has 0 radical (unpaired) electrons. The number of ether oxygens (including phenoxy) is 2. The Kier molecular flexibility index (Phi) is 5.40. The van der Waals surface area contributed by atoms with Gasteiger partial charge in [0.25, 0.3) is 5.91 Å². The van der Waals surface area contributed by atoms with Gasteiger partial charge in [0.1, 0.15) is 23.0 Å². The quantitative estimate of drug-likeness (QED) is 0.694. The summed E-state index contributed by atoms with van der Waals surface area (Å²) in [5.74, 6) is 0.631. The first-order valence-corrected chi connectivity index (χ1v) is 8.36. The lowest BCUT2D eigenvalue weighted by Gasteiger charge is -2.13. The molecule has 1 amide bonds. The van der Waals surface area contributed by atoms with Gasteiger partial charge < -0.3 is 14.8 Å². The fourth-order valence-corrected chi connectivity index (χ4v) is 2.70. The zero-order valence-electron chi connectivity index (χ0n) is 15.2. The summed E-state index contributed by atoms with van der Waals surface area (Å²) in [5, 5.41) is 9.81. The van der Waals surface area contributed by atoms with Crippen molar-refractivity contribution >= 4 is 5.91 Å². The third-order valence-electron chi connectivity index (χ3n) is 4.22. The molecule has 3 rings (SSSR count). The number of hydrogen-bond donors (Lipinski definition) is 2. The van der Waals surface area contributed by atoms with Crippen LogP contribution >= 0.6 is 0 Å². The van der Waals surface area contributed by atoms with Crippen LogP contribution in [0, 0.1) is 5.82 Å². The molecular weight excluding hydrogens is 349 g/mol. The van der Waals surface area contributed by atoms with E-state index in [4.69, 9.17) is 9.47 Å². The minimum Gasteiger partial charge on any atom is -0.497 e. The van der Waals surface area contributed by atoms with E-state index in [1.54, 1.807) is 44.6 Å². The Morgan fingerprint density at radius 2 is 1.85 bits per heavy atom. The summed E-state index contributed by atoms with van der Waals surface area (Å²) in [5.41, 5.74) is 2.44. The number of rotatable bonds is 6. The molecule has 0 spiro atoms. The van der Waals surface area contributed by atoms with E-state index in [1.807, 2.05) is 13.0 Å². The van der Waals surface area contributed by atoms with Gasteiger partial charge in [0.2, 0.25) is 0 Å². The molecule has 0 saturated carbocycles. The summed E-state index contributed by atoms with van der Waals surface area (Å²) >= 11 is 0. The van der Waals surface area contributed by atoms with Crippen molar-refractivity contribution in [1.29, 1.82) is 0 Å². The lowest BCUT2D eigenvalue weighted by molar-refractivity contribution is 0.0935. The second-order valence-electron chi connectivity index (χ2n) is 5.98. The van der Waals surface area contributed by atoms with Gasteiger partial charge in [0, 0.05) is 11.6 Å². The maximum absolute atomic E-state index is 13.0. The van der Waals surface area contributed by atoms with E-state index >= 15 is 0 Å². The molecule has 0 aliphatic rings. The predicted molar refractivity (Wildman–Crippen MR) is 99.4 cm³/mol. The van der Waals surface area contributed by atoms with Gasteiger partial charge >= 0.3 is 0 Å². The van der Waals surface area contributed by atoms with Gasteiger partial charge in [-0.05, 0) is 42.8 Å². The Labute approximate surface area is 156 Å². The first kappa shape index (κ1) is 18.4. The number of hydrogen-bond acceptors (Lipinski definition) is 4. The van der Waals surface area contributed by atoms with E-state index in [-0.39, 0.29) is 17.8 Å². The zero-order valence-corrected chi connectivity index (χ0v) is 15.2. The van der Waals surface area contributed by atoms with Gasteiger partial charge in [-0.2, -0.15) is 5.10 Å². The van der Waals surface area contributed by atoms with Crippen LogP contribution < -0.4 is 14.8 Å². The average molecular weight is 369 g/mol. The highest BCUT2D eigenvalue weighted by Gasteiger charge is 2.16. The highest BCUT2D eigenvalue weighted by Crippen LogP contribution is 2.32. The minimum atomic E-state index is -0.316. The Balaban J connectivity index is 1.77. The first-order chi connectivity index (χ1) is 13.0. The van der Waals surface area contributed by atoms with Gasteiger partial charge in [0.05, 0.1) is 26.0 Å². The SMILES string of the molecule is COc1ccc(-c2cc(C(=O)N[C@H](C)c3ccc(F)cc3)[nH]n2)c(OC)c1. The van der Waals surface area contributed by atoms with Crippen molar-refractivity contribution in [2.75, 3.05) is 14.2 Å². The molecular formula is C20H20FN3O3. The van der Waals surface area contributed by atoms with Gasteiger partial charge in [-0.1, -0.05) is 12.1 Å². The molecule has 140 valence electrons. The predicted octanol–water partition coefficient (Wildman–Crippen LogP) is 3.72. The molecule has 3 aromatic rings. The molecule has 2 aromatic carbocycles. The average Bonchev–Trinajstić information content (AvgIpc) is 3.18. The van der Waals surface area contributed by atoms with E-state index in [1.165, 1.54) is 12.1 Å². The molecule has 27 heavy (non-hydrogen) atoms. The number of aromatic amines is 1. The number of carbonyl (C=O) groups excluding carboxylic acids is 1. The molecule has 6 nitrogen and oxygen atoms in total. The summed E-state index contributed by atoms with van der Waals surface area (Å²) < 4.78 is 23.6. The molecule has 0 aliphatic carbocycles. The van der Waals surface area contributed by atoms with E-state index in [2.05, 4.69) is 15.5 Å². The van der Waals surface area contributed by atoms with Gasteiger partial charge in [-0.3, -0.25) is 9.89 Å². The number of nitrogens with one attached hydrogen (secondary N) is 2. The number of aromatic nitrogens is 2. The van der Waals surface area contributed by atoms with Crippen LogP contribution in [0.5, 0.6) is 11.5 Å². The maximum atomic E-state index is 13.0. The molecule has 0 saturated heterocycles. The highest BCUT2D eigenvalue weighted by atomic mass is 19.1. The summed E-state index contributed by atoms with van der Waals surface area (Å²) in [6.45, 7) is 1.83. The Morgan fingerprint density at radius 3 is 2.52 bits per heavy atom. The maximum Gasteiger partial charge on any atom is 0.269 e. The Bertz CT molecular complexity index is 938. The van der Waals surface area contributed by atoms with Crippen LogP contribution in [0.3, 0.4) is 0 Å². The van der Waals surface area contributed by atoms with E-state index in [0.29, 0.717) is 22.9 Å². The van der Waals surface area contributed by atoms with Crippen molar-refractivity contribution < 1.29 is 18.7 Å². The molecule has 2 N–H and O–H groups in total. The van der Waals surface area contributed by atoms with Crippen LogP contribution in [0.1, 0.15) is 29.0 Å². The van der Waals surface area contributed by atoms with Gasteiger partial charge in [-0.15, -0.1) is 0 Å². The van der Waals surface area contributed by atoms with Crippen LogP contribution in [-0.4, -0.2) is 30.3 Å². The molecule has 0 fully saturated rings. The lowest BCUT2D eigenvalue weighted by atomic mass is 10.1. The molecule has 0 unspecified atom stereocenters. The zero-order chi connectivity index (χ0) is 19.4. The van der Waals surface area contributed by atoms with Gasteiger partial charge in [-0.25, -0.2) is 4.39 Å². The molecule has 1 aromatic heterocycles. The van der Waals surface area contributed by atoms with Crippen LogP contribution in [0.25, 0.3) is 11.3 Å². The van der Waals surface area contributed by atoms with Crippen molar-refractivity contribution in [3.63, 3.8) is 0 Å². The molecule has 1 heterocycles. The number of methoxy groups -OCH3 is 2. The van der Waals surface area contributed by atoms with Crippen molar-refractivity contribution in [2.45, 2.75) is 13.0 Å². The summed E-state index contributed by atoms with van der Waals surface area (Å²) in [4.78, 5) is 12.5. The normalized spacial score (nSPS) is 11.7. The molecule has 7 heteroatoms. The monoisotopic (exact) mass is 369 g/mol. The smallest absolute Gasteiger partial charge is 0.269 e. The first-order valence-electron chi connectivity index (χ1n) is 8.36. The number of halogens is 1. The van der Waals surface area contributed by atoms with E-state index < -0.39 is 0 Å². The fraction of sp³-hybridized carbons (Fsp3) is 0.200. The van der Waals surface area contributed by atoms with E-state index in [0.717, 1.165) is 11.1 Å². The number of benzene rings is 2. The third-order valence-corrected chi connectivity index (χ3v) is 4.22. The number of amides is 1. The van der Waals surface area contributed by atoms with E-state index in [9.17, 15) is 9.18 Å². The van der Waals surface area contributed by atoms with Crippen LogP contribution in [-0.2, 0) is 0 Å². The Morgan fingerprint density at radius 1 is 1.11 bits per heavy atom. The third kappa shape index (κ3) is 4.08. The summed E-state index contributed by atoms with van der Waals surface area (Å²) in [7, 11) is 3.14. The van der Waals surface area contributed by atoms with Crippen molar-refractivity contribution in [1.82, 2.24) is 15.5 Å². The largest absolute Gasteiger partial charge is 0.497 e. The fourth-order valence-electron chi connectivity index (χ4n) is 2.70. The van der Waals surface area contributed by atoms with Crippen LogP contribution in [0.4, 0.5) is 4.39 Å².